The molecule has 0 aromatic carbocycles. The summed E-state index contributed by atoms with van der Waals surface area (Å²) < 4.78 is 0. The molecule has 1 aliphatic carbocycles. The molecule has 0 aromatic rings. The minimum atomic E-state index is 0.250. The first-order valence-corrected chi connectivity index (χ1v) is 9.02. The molecule has 4 unspecified atom stereocenters. The molecule has 112 valence electrons. The molecular formula is C16H28BNOS. The van der Waals surface area contributed by atoms with Gasteiger partial charge < -0.3 is 4.90 Å². The van der Waals surface area contributed by atoms with Crippen LogP contribution >= 0.6 is 11.8 Å². The molecule has 4 atom stereocenters. The zero-order chi connectivity index (χ0) is 14.9. The number of carbonyl (C=O) groups is 1. The number of thioether (sulfide) groups is 1. The summed E-state index contributed by atoms with van der Waals surface area (Å²) >= 11 is 1.54. The highest BCUT2D eigenvalue weighted by atomic mass is 32.2. The van der Waals surface area contributed by atoms with Gasteiger partial charge in [-0.05, 0) is 38.5 Å². The maximum absolute atomic E-state index is 12.2. The average molecular weight is 293 g/mol. The topological polar surface area (TPSA) is 20.3 Å². The van der Waals surface area contributed by atoms with Crippen molar-refractivity contribution in [3.63, 3.8) is 0 Å². The highest BCUT2D eigenvalue weighted by Crippen LogP contribution is 2.43. The van der Waals surface area contributed by atoms with Crippen LogP contribution in [-0.4, -0.2) is 35.3 Å². The van der Waals surface area contributed by atoms with Crippen molar-refractivity contribution < 1.29 is 4.79 Å². The van der Waals surface area contributed by atoms with Gasteiger partial charge in [0.2, 0.25) is 0 Å². The Hall–Kier alpha value is -0.115. The predicted octanol–water partition coefficient (Wildman–Crippen LogP) is 4.49. The van der Waals surface area contributed by atoms with Gasteiger partial charge in [-0.1, -0.05) is 50.7 Å². The van der Waals surface area contributed by atoms with Crippen LogP contribution in [0.25, 0.3) is 0 Å². The Balaban J connectivity index is 2.11. The summed E-state index contributed by atoms with van der Waals surface area (Å²) in [5.41, 5.74) is 0. The molecule has 2 aliphatic rings. The number of rotatable bonds is 2. The molecule has 1 heterocycles. The van der Waals surface area contributed by atoms with Crippen LogP contribution in [-0.2, 0) is 0 Å². The summed E-state index contributed by atoms with van der Waals surface area (Å²) in [7, 11) is 6.38. The van der Waals surface area contributed by atoms with E-state index in [0.29, 0.717) is 17.3 Å². The van der Waals surface area contributed by atoms with Crippen molar-refractivity contribution in [3.8, 4) is 0 Å². The quantitative estimate of drug-likeness (QED) is 0.699. The lowest BCUT2D eigenvalue weighted by Gasteiger charge is -2.30. The third kappa shape index (κ3) is 3.55. The first-order valence-electron chi connectivity index (χ1n) is 8.14. The summed E-state index contributed by atoms with van der Waals surface area (Å²) in [6.07, 6.45) is 5.76. The smallest absolute Gasteiger partial charge is 0.282 e. The monoisotopic (exact) mass is 293 g/mol. The molecule has 1 amide bonds. The second-order valence-corrected chi connectivity index (χ2v) is 8.35. The molecule has 20 heavy (non-hydrogen) atoms. The van der Waals surface area contributed by atoms with Crippen LogP contribution in [0.15, 0.2) is 0 Å². The number of fused-ring (bicyclic) bond motifs is 1. The van der Waals surface area contributed by atoms with Crippen molar-refractivity contribution >= 4 is 24.8 Å². The van der Waals surface area contributed by atoms with Crippen molar-refractivity contribution in [2.75, 3.05) is 0 Å². The van der Waals surface area contributed by atoms with Gasteiger partial charge in [0.1, 0.15) is 0 Å². The number of hydrogen-bond donors (Lipinski definition) is 0. The first kappa shape index (κ1) is 16.3. The molecule has 0 N–H and O–H groups in total. The van der Waals surface area contributed by atoms with Gasteiger partial charge in [0.25, 0.3) is 5.24 Å². The number of nitrogens with zero attached hydrogens (tertiary/aromatic N) is 1. The lowest BCUT2D eigenvalue weighted by atomic mass is 9.73. The fraction of sp³-hybridized carbons (Fsp3) is 0.938. The van der Waals surface area contributed by atoms with E-state index < -0.39 is 0 Å². The van der Waals surface area contributed by atoms with Crippen molar-refractivity contribution in [1.82, 2.24) is 4.90 Å². The van der Waals surface area contributed by atoms with E-state index in [2.05, 4.69) is 32.6 Å². The normalized spacial score (nSPS) is 35.9. The van der Waals surface area contributed by atoms with E-state index in [1.165, 1.54) is 24.6 Å². The van der Waals surface area contributed by atoms with E-state index in [1.807, 2.05) is 0 Å². The zero-order valence-electron chi connectivity index (χ0n) is 13.3. The minimum absolute atomic E-state index is 0.250. The van der Waals surface area contributed by atoms with Crippen LogP contribution < -0.4 is 0 Å². The molecule has 4 heteroatoms. The van der Waals surface area contributed by atoms with E-state index in [1.54, 1.807) is 0 Å². The molecule has 0 bridgehead atoms. The van der Waals surface area contributed by atoms with Gasteiger partial charge in [-0.25, -0.2) is 0 Å². The van der Waals surface area contributed by atoms with Crippen LogP contribution in [0.1, 0.15) is 59.8 Å². The van der Waals surface area contributed by atoms with Crippen molar-refractivity contribution in [2.45, 2.75) is 82.9 Å². The number of carbonyl (C=O) groups excluding carboxylic acids is 1. The van der Waals surface area contributed by atoms with Gasteiger partial charge in [-0.3, -0.25) is 4.79 Å². The largest absolute Gasteiger partial charge is 0.327 e. The fourth-order valence-electron chi connectivity index (χ4n) is 3.80. The Kier molecular flexibility index (Phi) is 5.50. The Bertz CT molecular complexity index is 347. The molecule has 0 aromatic heterocycles. The van der Waals surface area contributed by atoms with Crippen LogP contribution in [0.2, 0.25) is 5.82 Å². The van der Waals surface area contributed by atoms with Gasteiger partial charge in [-0.15, -0.1) is 0 Å². The van der Waals surface area contributed by atoms with E-state index in [9.17, 15) is 4.79 Å². The zero-order valence-corrected chi connectivity index (χ0v) is 14.2. The SMILES string of the molecule is [B]C1CC(C(C)C)CCCC2C(C1)SC(=O)N2C(C)C. The van der Waals surface area contributed by atoms with Gasteiger partial charge >= 0.3 is 0 Å². The third-order valence-electron chi connectivity index (χ3n) is 4.96. The van der Waals surface area contributed by atoms with Crippen LogP contribution in [0.5, 0.6) is 0 Å². The second kappa shape index (κ2) is 6.76. The predicted molar refractivity (Wildman–Crippen MR) is 88.5 cm³/mol. The summed E-state index contributed by atoms with van der Waals surface area (Å²) in [6.45, 7) is 8.89. The summed E-state index contributed by atoms with van der Waals surface area (Å²) in [4.78, 5) is 14.3. The second-order valence-electron chi connectivity index (χ2n) is 7.16. The number of hydrogen-bond acceptors (Lipinski definition) is 2. The molecule has 2 fully saturated rings. The summed E-state index contributed by atoms with van der Waals surface area (Å²) in [5.74, 6) is 1.71. The molecule has 2 radical (unpaired) electrons. The maximum atomic E-state index is 12.2. The highest BCUT2D eigenvalue weighted by molar-refractivity contribution is 8.14. The van der Waals surface area contributed by atoms with Gasteiger partial charge in [0.05, 0.1) is 7.85 Å². The Morgan fingerprint density at radius 2 is 1.90 bits per heavy atom. The molecule has 1 saturated carbocycles. The summed E-state index contributed by atoms with van der Waals surface area (Å²) in [5, 5.41) is 0.675. The van der Waals surface area contributed by atoms with Gasteiger partial charge in [-0.2, -0.15) is 0 Å². The maximum Gasteiger partial charge on any atom is 0.282 e. The molecule has 0 spiro atoms. The Morgan fingerprint density at radius 1 is 1.20 bits per heavy atom. The lowest BCUT2D eigenvalue weighted by Crippen LogP contribution is -2.41. The van der Waals surface area contributed by atoms with Crippen LogP contribution in [0.3, 0.4) is 0 Å². The lowest BCUT2D eigenvalue weighted by molar-refractivity contribution is 0.177. The van der Waals surface area contributed by atoms with Crippen LogP contribution in [0, 0.1) is 11.8 Å². The number of amides is 1. The van der Waals surface area contributed by atoms with E-state index >= 15 is 0 Å². The standard InChI is InChI=1S/C16H28BNOS/c1-10(2)12-6-5-7-14-15(9-13(17)8-12)20-16(19)18(14)11(3)4/h10-15H,5-9H2,1-4H3. The van der Waals surface area contributed by atoms with E-state index in [0.717, 1.165) is 31.1 Å². The molecular weight excluding hydrogens is 265 g/mol. The molecule has 2 nitrogen and oxygen atoms in total. The fourth-order valence-corrected chi connectivity index (χ4v) is 5.30. The van der Waals surface area contributed by atoms with E-state index in [4.69, 9.17) is 7.85 Å². The molecule has 1 saturated heterocycles. The Morgan fingerprint density at radius 3 is 2.50 bits per heavy atom. The van der Waals surface area contributed by atoms with Crippen molar-refractivity contribution in [2.24, 2.45) is 11.8 Å². The Labute approximate surface area is 129 Å². The summed E-state index contributed by atoms with van der Waals surface area (Å²) in [6, 6.07) is 0.715. The van der Waals surface area contributed by atoms with Gasteiger partial charge in [0, 0.05) is 17.3 Å². The van der Waals surface area contributed by atoms with Gasteiger partial charge in [0.15, 0.2) is 0 Å². The average Bonchev–Trinajstić information content (AvgIpc) is 2.65. The minimum Gasteiger partial charge on any atom is -0.327 e. The highest BCUT2D eigenvalue weighted by Gasteiger charge is 2.42. The first-order chi connectivity index (χ1) is 9.40. The molecule has 1 aliphatic heterocycles. The van der Waals surface area contributed by atoms with Crippen molar-refractivity contribution in [1.29, 1.82) is 0 Å². The van der Waals surface area contributed by atoms with E-state index in [-0.39, 0.29) is 11.1 Å². The van der Waals surface area contributed by atoms with Crippen LogP contribution in [0.4, 0.5) is 4.79 Å². The third-order valence-corrected chi connectivity index (χ3v) is 6.19. The molecule has 2 rings (SSSR count). The van der Waals surface area contributed by atoms with Crippen molar-refractivity contribution in [3.05, 3.63) is 0 Å².